The molecule has 0 heterocycles. The summed E-state index contributed by atoms with van der Waals surface area (Å²) in [4.78, 5) is 1.39. The third-order valence-corrected chi connectivity index (χ3v) is 2.33. The van der Waals surface area contributed by atoms with Crippen molar-refractivity contribution < 1.29 is 5.21 Å². The van der Waals surface area contributed by atoms with Gasteiger partial charge >= 0.3 is 0 Å². The number of guanidine groups is 1. The first kappa shape index (κ1) is 10.9. The average molecular weight is 234 g/mol. The van der Waals surface area contributed by atoms with Gasteiger partial charge in [-0.15, -0.1) is 0 Å². The molecule has 3 N–H and O–H groups in total. The Labute approximate surface area is 91.5 Å². The molecule has 0 aromatic heterocycles. The number of para-hydroxylation sites is 1. The third kappa shape index (κ3) is 2.02. The Morgan fingerprint density at radius 1 is 1.43 bits per heavy atom. The van der Waals surface area contributed by atoms with Crippen LogP contribution in [0.25, 0.3) is 0 Å². The summed E-state index contributed by atoms with van der Waals surface area (Å²) < 4.78 is 0. The molecule has 1 aromatic carbocycles. The summed E-state index contributed by atoms with van der Waals surface area (Å²) in [6.45, 7) is 0. The van der Waals surface area contributed by atoms with E-state index in [2.05, 4.69) is 5.16 Å². The normalized spacial score (nSPS) is 11.5. The van der Waals surface area contributed by atoms with E-state index >= 15 is 0 Å². The summed E-state index contributed by atoms with van der Waals surface area (Å²) in [6, 6.07) is 5.06. The van der Waals surface area contributed by atoms with Gasteiger partial charge in [0.05, 0.1) is 15.7 Å². The molecule has 0 atom stereocenters. The molecule has 0 spiro atoms. The lowest BCUT2D eigenvalue weighted by molar-refractivity contribution is 0.317. The van der Waals surface area contributed by atoms with Gasteiger partial charge in [0.2, 0.25) is 5.96 Å². The van der Waals surface area contributed by atoms with Crippen molar-refractivity contribution in [3.05, 3.63) is 28.2 Å². The van der Waals surface area contributed by atoms with Crippen molar-refractivity contribution in [2.75, 3.05) is 11.9 Å². The minimum absolute atomic E-state index is 0.0833. The summed E-state index contributed by atoms with van der Waals surface area (Å²) in [6.07, 6.45) is 0. The Bertz CT molecular complexity index is 347. The molecule has 0 fully saturated rings. The maximum absolute atomic E-state index is 8.48. The fourth-order valence-electron chi connectivity index (χ4n) is 0.991. The molecule has 0 radical (unpaired) electrons. The standard InChI is InChI=1S/C8H9Cl2N3O/c1-13(8(11)12-14)7-5(9)3-2-4-6(7)10/h2-4,14H,1H3,(H2,11,12). The molecule has 6 heteroatoms. The number of hydrogen-bond acceptors (Lipinski definition) is 2. The summed E-state index contributed by atoms with van der Waals surface area (Å²) in [5, 5.41) is 12.2. The van der Waals surface area contributed by atoms with Crippen molar-refractivity contribution in [2.24, 2.45) is 10.9 Å². The Morgan fingerprint density at radius 3 is 2.36 bits per heavy atom. The highest BCUT2D eigenvalue weighted by molar-refractivity contribution is 6.39. The fourth-order valence-corrected chi connectivity index (χ4v) is 1.64. The first-order chi connectivity index (χ1) is 6.57. The lowest BCUT2D eigenvalue weighted by Gasteiger charge is -2.19. The van der Waals surface area contributed by atoms with Crippen LogP contribution in [0, 0.1) is 0 Å². The molecular formula is C8H9Cl2N3O. The topological polar surface area (TPSA) is 61.8 Å². The van der Waals surface area contributed by atoms with Gasteiger partial charge in [-0.25, -0.2) is 0 Å². The van der Waals surface area contributed by atoms with E-state index in [0.29, 0.717) is 15.7 Å². The van der Waals surface area contributed by atoms with Crippen LogP contribution in [0.15, 0.2) is 23.4 Å². The van der Waals surface area contributed by atoms with E-state index in [1.54, 1.807) is 25.2 Å². The largest absolute Gasteiger partial charge is 0.408 e. The van der Waals surface area contributed by atoms with Crippen LogP contribution in [0.4, 0.5) is 5.69 Å². The van der Waals surface area contributed by atoms with E-state index in [0.717, 1.165) is 0 Å². The van der Waals surface area contributed by atoms with Gasteiger partial charge in [0.1, 0.15) is 0 Å². The first-order valence-electron chi connectivity index (χ1n) is 3.73. The zero-order valence-electron chi connectivity index (χ0n) is 7.41. The van der Waals surface area contributed by atoms with Crippen molar-refractivity contribution >= 4 is 34.8 Å². The predicted molar refractivity (Wildman–Crippen MR) is 58.3 cm³/mol. The van der Waals surface area contributed by atoms with Crippen LogP contribution >= 0.6 is 23.2 Å². The van der Waals surface area contributed by atoms with Gasteiger partial charge in [0.15, 0.2) is 0 Å². The highest BCUT2D eigenvalue weighted by Gasteiger charge is 2.13. The predicted octanol–water partition coefficient (Wildman–Crippen LogP) is 2.13. The van der Waals surface area contributed by atoms with Crippen molar-refractivity contribution in [3.8, 4) is 0 Å². The second-order valence-electron chi connectivity index (χ2n) is 2.59. The van der Waals surface area contributed by atoms with E-state index in [1.165, 1.54) is 4.90 Å². The smallest absolute Gasteiger partial charge is 0.237 e. The van der Waals surface area contributed by atoms with E-state index in [9.17, 15) is 0 Å². The van der Waals surface area contributed by atoms with Crippen molar-refractivity contribution in [1.82, 2.24) is 0 Å². The molecule has 0 aliphatic carbocycles. The van der Waals surface area contributed by atoms with Gasteiger partial charge in [-0.05, 0) is 12.1 Å². The zero-order valence-corrected chi connectivity index (χ0v) is 8.92. The molecule has 0 aliphatic heterocycles. The number of anilines is 1. The first-order valence-corrected chi connectivity index (χ1v) is 4.48. The van der Waals surface area contributed by atoms with Gasteiger partial charge in [0.25, 0.3) is 0 Å². The van der Waals surface area contributed by atoms with Crippen LogP contribution in [-0.4, -0.2) is 18.2 Å². The van der Waals surface area contributed by atoms with E-state index in [-0.39, 0.29) is 5.96 Å². The Morgan fingerprint density at radius 2 is 1.93 bits per heavy atom. The molecule has 0 bridgehead atoms. The highest BCUT2D eigenvalue weighted by Crippen LogP contribution is 2.32. The lowest BCUT2D eigenvalue weighted by atomic mass is 10.3. The van der Waals surface area contributed by atoms with Gasteiger partial charge in [-0.2, -0.15) is 0 Å². The Hall–Kier alpha value is -1.13. The SMILES string of the molecule is CN(/C(N)=N/O)c1c(Cl)cccc1Cl. The number of halogens is 2. The molecule has 1 aromatic rings. The third-order valence-electron chi connectivity index (χ3n) is 1.72. The van der Waals surface area contributed by atoms with Crippen LogP contribution in [0.1, 0.15) is 0 Å². The number of hydrogen-bond donors (Lipinski definition) is 2. The number of nitrogens with zero attached hydrogens (tertiary/aromatic N) is 2. The highest BCUT2D eigenvalue weighted by atomic mass is 35.5. The number of nitrogens with two attached hydrogens (primary N) is 1. The molecule has 14 heavy (non-hydrogen) atoms. The van der Waals surface area contributed by atoms with Crippen LogP contribution in [-0.2, 0) is 0 Å². The molecule has 0 unspecified atom stereocenters. The maximum atomic E-state index is 8.48. The van der Waals surface area contributed by atoms with Gasteiger partial charge in [0, 0.05) is 7.05 Å². The van der Waals surface area contributed by atoms with E-state index in [1.807, 2.05) is 0 Å². The number of oxime groups is 1. The molecule has 76 valence electrons. The summed E-state index contributed by atoms with van der Waals surface area (Å²) in [5.74, 6) is -0.0833. The number of benzene rings is 1. The maximum Gasteiger partial charge on any atom is 0.237 e. The van der Waals surface area contributed by atoms with Crippen LogP contribution in [0.2, 0.25) is 10.0 Å². The summed E-state index contributed by atoms with van der Waals surface area (Å²) in [7, 11) is 1.60. The molecule has 4 nitrogen and oxygen atoms in total. The van der Waals surface area contributed by atoms with Crippen molar-refractivity contribution in [2.45, 2.75) is 0 Å². The quantitative estimate of drug-likeness (QED) is 0.338. The van der Waals surface area contributed by atoms with Crippen LogP contribution in [0.5, 0.6) is 0 Å². The molecule has 1 rings (SSSR count). The summed E-state index contributed by atoms with van der Waals surface area (Å²) in [5.41, 5.74) is 5.90. The molecule has 0 aliphatic rings. The minimum Gasteiger partial charge on any atom is -0.408 e. The zero-order chi connectivity index (χ0) is 10.7. The van der Waals surface area contributed by atoms with E-state index in [4.69, 9.17) is 34.1 Å². The van der Waals surface area contributed by atoms with Gasteiger partial charge < -0.3 is 15.8 Å². The second-order valence-corrected chi connectivity index (χ2v) is 3.40. The molecule has 0 amide bonds. The Balaban J connectivity index is 3.18. The second kappa shape index (κ2) is 4.39. The molecule has 0 saturated heterocycles. The minimum atomic E-state index is -0.0833. The lowest BCUT2D eigenvalue weighted by Crippen LogP contribution is -2.34. The molecule has 0 saturated carbocycles. The monoisotopic (exact) mass is 233 g/mol. The van der Waals surface area contributed by atoms with Crippen molar-refractivity contribution in [1.29, 1.82) is 0 Å². The van der Waals surface area contributed by atoms with Gasteiger partial charge in [-0.3, -0.25) is 0 Å². The fraction of sp³-hybridized carbons (Fsp3) is 0.125. The number of rotatable bonds is 1. The van der Waals surface area contributed by atoms with Gasteiger partial charge in [-0.1, -0.05) is 34.4 Å². The molecular weight excluding hydrogens is 225 g/mol. The van der Waals surface area contributed by atoms with Crippen molar-refractivity contribution in [3.63, 3.8) is 0 Å². The Kier molecular flexibility index (Phi) is 3.43. The van der Waals surface area contributed by atoms with Crippen LogP contribution < -0.4 is 10.6 Å². The average Bonchev–Trinajstić information content (AvgIpc) is 2.16. The van der Waals surface area contributed by atoms with E-state index < -0.39 is 0 Å². The van der Waals surface area contributed by atoms with Crippen LogP contribution in [0.3, 0.4) is 0 Å². The summed E-state index contributed by atoms with van der Waals surface area (Å²) >= 11 is 11.8.